The van der Waals surface area contributed by atoms with E-state index < -0.39 is 0 Å². The molecule has 2 aromatic heterocycles. The highest BCUT2D eigenvalue weighted by molar-refractivity contribution is 7.98. The maximum atomic E-state index is 13.0. The summed E-state index contributed by atoms with van der Waals surface area (Å²) in [6.45, 7) is 1.03. The van der Waals surface area contributed by atoms with Crippen LogP contribution in [0.4, 0.5) is 5.69 Å². The maximum Gasteiger partial charge on any atom is 0.271 e. The number of nitrogens with one attached hydrogen (secondary N) is 2. The predicted molar refractivity (Wildman–Crippen MR) is 117 cm³/mol. The summed E-state index contributed by atoms with van der Waals surface area (Å²) in [6.07, 6.45) is 6.94. The summed E-state index contributed by atoms with van der Waals surface area (Å²) in [4.78, 5) is 32.6. The van der Waals surface area contributed by atoms with E-state index in [2.05, 4.69) is 20.5 Å². The first kappa shape index (κ1) is 20.2. The molecule has 30 heavy (non-hydrogen) atoms. The number of hydrogen-bond acceptors (Lipinski definition) is 5. The fourth-order valence-corrected chi connectivity index (χ4v) is 4.05. The number of aromatic amines is 1. The number of aromatic nitrogens is 3. The van der Waals surface area contributed by atoms with Gasteiger partial charge in [0.05, 0.1) is 11.6 Å². The zero-order valence-electron chi connectivity index (χ0n) is 16.7. The van der Waals surface area contributed by atoms with Gasteiger partial charge < -0.3 is 10.2 Å². The third-order valence-electron chi connectivity index (χ3n) is 5.20. The van der Waals surface area contributed by atoms with Gasteiger partial charge in [0.25, 0.3) is 5.91 Å². The molecule has 1 saturated heterocycles. The largest absolute Gasteiger partial charge is 0.337 e. The summed E-state index contributed by atoms with van der Waals surface area (Å²) >= 11 is 1.63. The number of hydrogen-bond donors (Lipinski definition) is 2. The zero-order chi connectivity index (χ0) is 20.9. The van der Waals surface area contributed by atoms with Gasteiger partial charge in [-0.3, -0.25) is 19.7 Å². The average Bonchev–Trinajstić information content (AvgIpc) is 3.30. The topological polar surface area (TPSA) is 91.0 Å². The lowest BCUT2D eigenvalue weighted by molar-refractivity contribution is -0.121. The van der Waals surface area contributed by atoms with Crippen LogP contribution in [-0.4, -0.2) is 51.2 Å². The molecule has 0 aliphatic carbocycles. The van der Waals surface area contributed by atoms with E-state index in [1.54, 1.807) is 35.1 Å². The van der Waals surface area contributed by atoms with Crippen LogP contribution in [0.2, 0.25) is 0 Å². The van der Waals surface area contributed by atoms with Crippen molar-refractivity contribution in [3.8, 4) is 11.3 Å². The lowest BCUT2D eigenvalue weighted by Crippen LogP contribution is -2.43. The molecule has 2 N–H and O–H groups in total. The number of benzene rings is 1. The van der Waals surface area contributed by atoms with E-state index in [0.29, 0.717) is 24.5 Å². The average molecular weight is 422 g/mol. The third-order valence-corrected chi connectivity index (χ3v) is 5.93. The molecule has 0 bridgehead atoms. The van der Waals surface area contributed by atoms with Gasteiger partial charge in [0.15, 0.2) is 0 Å². The van der Waals surface area contributed by atoms with Crippen LogP contribution in [0.3, 0.4) is 0 Å². The van der Waals surface area contributed by atoms with Crippen molar-refractivity contribution < 1.29 is 9.59 Å². The van der Waals surface area contributed by atoms with Crippen molar-refractivity contribution in [2.24, 2.45) is 5.92 Å². The molecule has 3 heterocycles. The molecular weight excluding hydrogens is 398 g/mol. The van der Waals surface area contributed by atoms with Crippen LogP contribution in [0.25, 0.3) is 11.3 Å². The first-order chi connectivity index (χ1) is 14.6. The van der Waals surface area contributed by atoms with Crippen LogP contribution in [0, 0.1) is 5.92 Å². The number of rotatable bonds is 5. The number of thioether (sulfide) groups is 1. The molecule has 1 aromatic carbocycles. The summed E-state index contributed by atoms with van der Waals surface area (Å²) in [5.41, 5.74) is 2.80. The van der Waals surface area contributed by atoms with Crippen LogP contribution in [-0.2, 0) is 4.79 Å². The van der Waals surface area contributed by atoms with E-state index in [9.17, 15) is 9.59 Å². The van der Waals surface area contributed by atoms with Gasteiger partial charge in [0.1, 0.15) is 5.69 Å². The molecule has 154 valence electrons. The van der Waals surface area contributed by atoms with E-state index in [1.165, 1.54) is 0 Å². The molecule has 4 rings (SSSR count). The quantitative estimate of drug-likeness (QED) is 0.613. The summed E-state index contributed by atoms with van der Waals surface area (Å²) in [5.74, 6) is -0.416. The van der Waals surface area contributed by atoms with Crippen molar-refractivity contribution >= 4 is 29.3 Å². The van der Waals surface area contributed by atoms with Crippen molar-refractivity contribution in [3.63, 3.8) is 0 Å². The van der Waals surface area contributed by atoms with Crippen molar-refractivity contribution in [3.05, 3.63) is 60.6 Å². The highest BCUT2D eigenvalue weighted by atomic mass is 32.2. The second kappa shape index (κ2) is 9.13. The summed E-state index contributed by atoms with van der Waals surface area (Å²) in [6, 6.07) is 13.2. The Morgan fingerprint density at radius 1 is 1.20 bits per heavy atom. The highest BCUT2D eigenvalue weighted by Gasteiger charge is 2.29. The van der Waals surface area contributed by atoms with Crippen molar-refractivity contribution in [2.45, 2.75) is 17.7 Å². The van der Waals surface area contributed by atoms with Gasteiger partial charge in [-0.25, -0.2) is 0 Å². The van der Waals surface area contributed by atoms with Crippen LogP contribution >= 0.6 is 11.8 Å². The molecule has 1 aliphatic rings. The van der Waals surface area contributed by atoms with Crippen LogP contribution < -0.4 is 5.32 Å². The normalized spacial score (nSPS) is 16.3. The van der Waals surface area contributed by atoms with Gasteiger partial charge >= 0.3 is 0 Å². The van der Waals surface area contributed by atoms with Crippen molar-refractivity contribution in [1.82, 2.24) is 20.1 Å². The molecule has 1 fully saturated rings. The minimum absolute atomic E-state index is 0.0483. The standard InChI is InChI=1S/C22H23N5O2S/c1-30-18-6-2-5-17(12-18)24-21(28)16-4-3-11-27(14-16)22(29)20-13-19(25-26-20)15-7-9-23-10-8-15/h2,5-10,12-13,16H,3-4,11,14H2,1H3,(H,24,28)(H,25,26)/t16-/m0/s1. The van der Waals surface area contributed by atoms with Gasteiger partial charge in [0, 0.05) is 41.6 Å². The number of nitrogens with zero attached hydrogens (tertiary/aromatic N) is 3. The first-order valence-corrected chi connectivity index (χ1v) is 11.1. The molecule has 1 atom stereocenters. The monoisotopic (exact) mass is 421 g/mol. The van der Waals surface area contributed by atoms with E-state index in [0.717, 1.165) is 29.0 Å². The van der Waals surface area contributed by atoms with Gasteiger partial charge in [0.2, 0.25) is 5.91 Å². The van der Waals surface area contributed by atoms with E-state index in [4.69, 9.17) is 0 Å². The number of amides is 2. The first-order valence-electron chi connectivity index (χ1n) is 9.84. The van der Waals surface area contributed by atoms with Crippen LogP contribution in [0.15, 0.2) is 59.8 Å². The molecular formula is C22H23N5O2S. The number of pyridine rings is 1. The second-order valence-electron chi connectivity index (χ2n) is 7.21. The lowest BCUT2D eigenvalue weighted by atomic mass is 9.96. The van der Waals surface area contributed by atoms with Gasteiger partial charge in [-0.1, -0.05) is 6.07 Å². The van der Waals surface area contributed by atoms with Crippen LogP contribution in [0.1, 0.15) is 23.3 Å². The number of H-pyrrole nitrogens is 1. The smallest absolute Gasteiger partial charge is 0.271 e. The minimum atomic E-state index is -0.233. The highest BCUT2D eigenvalue weighted by Crippen LogP contribution is 2.23. The Bertz CT molecular complexity index is 1040. The SMILES string of the molecule is CSc1cccc(NC(=O)[C@H]2CCCN(C(=O)c3cc(-c4ccncc4)n[nH]3)C2)c1. The molecule has 0 spiro atoms. The van der Waals surface area contributed by atoms with Gasteiger partial charge in [-0.2, -0.15) is 5.10 Å². The summed E-state index contributed by atoms with van der Waals surface area (Å²) in [5, 5.41) is 10.1. The Morgan fingerprint density at radius 2 is 2.03 bits per heavy atom. The molecule has 0 radical (unpaired) electrons. The van der Waals surface area contributed by atoms with Gasteiger partial charge in [-0.15, -0.1) is 11.8 Å². The summed E-state index contributed by atoms with van der Waals surface area (Å²) < 4.78 is 0. The molecule has 3 aromatic rings. The summed E-state index contributed by atoms with van der Waals surface area (Å²) in [7, 11) is 0. The molecule has 0 saturated carbocycles. The molecule has 2 amide bonds. The number of piperidine rings is 1. The van der Waals surface area contributed by atoms with Crippen molar-refractivity contribution in [2.75, 3.05) is 24.7 Å². The Balaban J connectivity index is 1.41. The number of carbonyl (C=O) groups is 2. The zero-order valence-corrected chi connectivity index (χ0v) is 17.5. The lowest BCUT2D eigenvalue weighted by Gasteiger charge is -2.31. The Hall–Kier alpha value is -3.13. The minimum Gasteiger partial charge on any atom is -0.337 e. The fourth-order valence-electron chi connectivity index (χ4n) is 3.59. The number of carbonyl (C=O) groups excluding carboxylic acids is 2. The Morgan fingerprint density at radius 3 is 2.83 bits per heavy atom. The molecule has 8 heteroatoms. The molecule has 0 unspecified atom stereocenters. The molecule has 7 nitrogen and oxygen atoms in total. The van der Waals surface area contributed by atoms with E-state index >= 15 is 0 Å². The Kier molecular flexibility index (Phi) is 6.13. The number of likely N-dealkylation sites (tertiary alicyclic amines) is 1. The second-order valence-corrected chi connectivity index (χ2v) is 8.09. The fraction of sp³-hybridized carbons (Fsp3) is 0.273. The third kappa shape index (κ3) is 4.54. The van der Waals surface area contributed by atoms with E-state index in [1.807, 2.05) is 42.7 Å². The van der Waals surface area contributed by atoms with Crippen molar-refractivity contribution in [1.29, 1.82) is 0 Å². The van der Waals surface area contributed by atoms with Crippen LogP contribution in [0.5, 0.6) is 0 Å². The Labute approximate surface area is 179 Å². The molecule has 1 aliphatic heterocycles. The number of anilines is 1. The van der Waals surface area contributed by atoms with E-state index in [-0.39, 0.29) is 17.7 Å². The van der Waals surface area contributed by atoms with Gasteiger partial charge in [-0.05, 0) is 55.5 Å². The maximum absolute atomic E-state index is 13.0. The predicted octanol–water partition coefficient (Wildman–Crippen LogP) is 3.68.